The van der Waals surface area contributed by atoms with Crippen LogP contribution in [0.25, 0.3) is 0 Å². The number of hydrogen-bond acceptors (Lipinski definition) is 5. The van der Waals surface area contributed by atoms with Crippen molar-refractivity contribution in [1.29, 1.82) is 5.26 Å². The van der Waals surface area contributed by atoms with Gasteiger partial charge in [-0.2, -0.15) is 10.4 Å². The molecular formula is C9H8BrN5. The zero-order chi connectivity index (χ0) is 11.1. The van der Waals surface area contributed by atoms with E-state index in [0.29, 0.717) is 6.54 Å². The molecule has 0 radical (unpaired) electrons. The maximum atomic E-state index is 8.50. The third-order valence-electron chi connectivity index (χ3n) is 1.57. The first kappa shape index (κ1) is 11.3. The summed E-state index contributed by atoms with van der Waals surface area (Å²) in [5, 5.41) is 11.7. The molecule has 0 aliphatic heterocycles. The lowest BCUT2D eigenvalue weighted by molar-refractivity contribution is 1.04. The number of hydrazone groups is 1. The van der Waals surface area contributed by atoms with Gasteiger partial charge in [-0.1, -0.05) is 6.07 Å². The second-order valence-corrected chi connectivity index (χ2v) is 3.30. The van der Waals surface area contributed by atoms with E-state index in [4.69, 9.17) is 11.1 Å². The molecule has 0 atom stereocenters. The monoisotopic (exact) mass is 265 g/mol. The summed E-state index contributed by atoms with van der Waals surface area (Å²) in [5.74, 6) is 4.95. The van der Waals surface area contributed by atoms with Crippen molar-refractivity contribution < 1.29 is 0 Å². The molecule has 0 bridgehead atoms. The first-order chi connectivity index (χ1) is 7.27. The Labute approximate surface area is 95.5 Å². The zero-order valence-electron chi connectivity index (χ0n) is 7.76. The topological polar surface area (TPSA) is 87.4 Å². The third-order valence-corrected chi connectivity index (χ3v) is 2.28. The average molecular weight is 266 g/mol. The molecule has 2 N–H and O–H groups in total. The zero-order valence-corrected chi connectivity index (χ0v) is 9.35. The Morgan fingerprint density at radius 3 is 3.13 bits per heavy atom. The Balaban J connectivity index is 2.66. The van der Waals surface area contributed by atoms with Crippen molar-refractivity contribution in [2.24, 2.45) is 15.9 Å². The van der Waals surface area contributed by atoms with E-state index in [2.05, 4.69) is 31.0 Å². The number of rotatable bonds is 3. The first-order valence-corrected chi connectivity index (χ1v) is 4.84. The van der Waals surface area contributed by atoms with Gasteiger partial charge >= 0.3 is 0 Å². The average Bonchev–Trinajstić information content (AvgIpc) is 2.27. The quantitative estimate of drug-likeness (QED) is 0.386. The van der Waals surface area contributed by atoms with Crippen LogP contribution in [0.4, 0.5) is 0 Å². The van der Waals surface area contributed by atoms with E-state index in [1.54, 1.807) is 12.3 Å². The van der Waals surface area contributed by atoms with Crippen LogP contribution in [0.3, 0.4) is 0 Å². The SMILES string of the molecule is N#CC(C=NCc1cccnc1Br)=NN. The second-order valence-electron chi connectivity index (χ2n) is 2.55. The van der Waals surface area contributed by atoms with Gasteiger partial charge in [0.25, 0.3) is 0 Å². The number of aromatic nitrogens is 1. The van der Waals surface area contributed by atoms with Gasteiger partial charge in [-0.15, -0.1) is 0 Å². The van der Waals surface area contributed by atoms with Crippen molar-refractivity contribution in [3.63, 3.8) is 0 Å². The Kier molecular flexibility index (Phi) is 4.44. The predicted molar refractivity (Wildman–Crippen MR) is 61.4 cm³/mol. The van der Waals surface area contributed by atoms with Gasteiger partial charge in [-0.05, 0) is 22.0 Å². The highest BCUT2D eigenvalue weighted by molar-refractivity contribution is 9.10. The van der Waals surface area contributed by atoms with Crippen molar-refractivity contribution >= 4 is 27.9 Å². The molecule has 76 valence electrons. The highest BCUT2D eigenvalue weighted by Crippen LogP contribution is 2.12. The minimum Gasteiger partial charge on any atom is -0.322 e. The number of aliphatic imine (C=N–C) groups is 1. The number of nitrogens with zero attached hydrogens (tertiary/aromatic N) is 4. The van der Waals surface area contributed by atoms with Crippen molar-refractivity contribution in [1.82, 2.24) is 4.98 Å². The van der Waals surface area contributed by atoms with Gasteiger partial charge in [-0.25, -0.2) is 4.98 Å². The summed E-state index contributed by atoms with van der Waals surface area (Å²) < 4.78 is 0.741. The lowest BCUT2D eigenvalue weighted by Crippen LogP contribution is -2.00. The Morgan fingerprint density at radius 2 is 2.53 bits per heavy atom. The fourth-order valence-electron chi connectivity index (χ4n) is 0.859. The van der Waals surface area contributed by atoms with E-state index >= 15 is 0 Å². The van der Waals surface area contributed by atoms with Gasteiger partial charge in [0.15, 0.2) is 5.71 Å². The Morgan fingerprint density at radius 1 is 1.73 bits per heavy atom. The maximum Gasteiger partial charge on any atom is 0.177 e. The molecule has 0 saturated carbocycles. The molecule has 0 aromatic carbocycles. The summed E-state index contributed by atoms with van der Waals surface area (Å²) in [6.45, 7) is 0.426. The van der Waals surface area contributed by atoms with Crippen LogP contribution in [0.5, 0.6) is 0 Å². The van der Waals surface area contributed by atoms with Crippen molar-refractivity contribution in [3.8, 4) is 6.07 Å². The van der Waals surface area contributed by atoms with Gasteiger partial charge in [0, 0.05) is 11.8 Å². The van der Waals surface area contributed by atoms with E-state index in [1.807, 2.05) is 12.1 Å². The molecule has 15 heavy (non-hydrogen) atoms. The van der Waals surface area contributed by atoms with Crippen LogP contribution in [0, 0.1) is 11.3 Å². The molecule has 0 aliphatic carbocycles. The van der Waals surface area contributed by atoms with E-state index in [-0.39, 0.29) is 5.71 Å². The number of nitrogens with two attached hydrogens (primary N) is 1. The van der Waals surface area contributed by atoms with Gasteiger partial charge in [0.1, 0.15) is 10.7 Å². The highest BCUT2D eigenvalue weighted by atomic mass is 79.9. The molecule has 1 heterocycles. The molecule has 0 spiro atoms. The molecule has 0 aliphatic rings. The van der Waals surface area contributed by atoms with Crippen LogP contribution >= 0.6 is 15.9 Å². The van der Waals surface area contributed by atoms with Crippen LogP contribution in [-0.4, -0.2) is 16.9 Å². The summed E-state index contributed by atoms with van der Waals surface area (Å²) in [7, 11) is 0. The van der Waals surface area contributed by atoms with Gasteiger partial charge < -0.3 is 5.84 Å². The summed E-state index contributed by atoms with van der Waals surface area (Å²) in [4.78, 5) is 8.06. The molecule has 1 rings (SSSR count). The summed E-state index contributed by atoms with van der Waals surface area (Å²) in [6, 6.07) is 5.51. The summed E-state index contributed by atoms with van der Waals surface area (Å²) in [6.07, 6.45) is 3.01. The highest BCUT2D eigenvalue weighted by Gasteiger charge is 1.97. The standard InChI is InChI=1S/C9H8BrN5/c10-9-7(2-1-3-14-9)5-13-6-8(4-11)15-12/h1-3,6H,5,12H2. The summed E-state index contributed by atoms with van der Waals surface area (Å²) >= 11 is 3.29. The molecule has 1 aromatic heterocycles. The van der Waals surface area contributed by atoms with Crippen molar-refractivity contribution in [2.45, 2.75) is 6.54 Å². The number of nitriles is 1. The van der Waals surface area contributed by atoms with Crippen LogP contribution in [0.15, 0.2) is 33.0 Å². The van der Waals surface area contributed by atoms with Crippen LogP contribution in [0.2, 0.25) is 0 Å². The lowest BCUT2D eigenvalue weighted by Gasteiger charge is -1.97. The fraction of sp³-hybridized carbons (Fsp3) is 0.111. The molecule has 0 saturated heterocycles. The molecular weight excluding hydrogens is 258 g/mol. The molecule has 0 amide bonds. The molecule has 5 nitrogen and oxygen atoms in total. The van der Waals surface area contributed by atoms with Gasteiger partial charge in [0.2, 0.25) is 0 Å². The predicted octanol–water partition coefficient (Wildman–Crippen LogP) is 1.25. The van der Waals surface area contributed by atoms with E-state index in [1.165, 1.54) is 6.21 Å². The molecule has 6 heteroatoms. The Hall–Kier alpha value is -1.74. The first-order valence-electron chi connectivity index (χ1n) is 4.05. The minimum atomic E-state index is 0.0926. The van der Waals surface area contributed by atoms with Crippen molar-refractivity contribution in [2.75, 3.05) is 0 Å². The second kappa shape index (κ2) is 5.88. The largest absolute Gasteiger partial charge is 0.322 e. The van der Waals surface area contributed by atoms with Gasteiger partial charge in [0.05, 0.1) is 12.8 Å². The lowest BCUT2D eigenvalue weighted by atomic mass is 10.3. The number of halogens is 1. The van der Waals surface area contributed by atoms with E-state index in [0.717, 1.165) is 10.2 Å². The fourth-order valence-corrected chi connectivity index (χ4v) is 1.23. The third kappa shape index (κ3) is 3.48. The normalized spacial score (nSPS) is 11.6. The minimum absolute atomic E-state index is 0.0926. The van der Waals surface area contributed by atoms with E-state index < -0.39 is 0 Å². The molecule has 1 aromatic rings. The molecule has 0 unspecified atom stereocenters. The number of pyridine rings is 1. The smallest absolute Gasteiger partial charge is 0.177 e. The molecule has 0 fully saturated rings. The maximum absolute atomic E-state index is 8.50. The van der Waals surface area contributed by atoms with Crippen LogP contribution in [-0.2, 0) is 6.54 Å². The van der Waals surface area contributed by atoms with Crippen molar-refractivity contribution in [3.05, 3.63) is 28.5 Å². The summed E-state index contributed by atoms with van der Waals surface area (Å²) in [5.41, 5.74) is 1.03. The van der Waals surface area contributed by atoms with Crippen LogP contribution < -0.4 is 5.84 Å². The van der Waals surface area contributed by atoms with Crippen LogP contribution in [0.1, 0.15) is 5.56 Å². The Bertz CT molecular complexity index is 432. The number of hydrogen-bond donors (Lipinski definition) is 1. The van der Waals surface area contributed by atoms with E-state index in [9.17, 15) is 0 Å². The van der Waals surface area contributed by atoms with Gasteiger partial charge in [-0.3, -0.25) is 4.99 Å².